The van der Waals surface area contributed by atoms with Gasteiger partial charge in [0.2, 0.25) is 0 Å². The number of unbranched alkanes of at least 4 members (excludes halogenated alkanes) is 18. The normalized spacial score (nSPS) is 13.4. The van der Waals surface area contributed by atoms with E-state index in [1.165, 1.54) is 51.4 Å². The summed E-state index contributed by atoms with van der Waals surface area (Å²) in [5, 5.41) is 11.7. The number of carboxylic acid groups (broad SMARTS) is 1. The van der Waals surface area contributed by atoms with Crippen molar-refractivity contribution in [2.75, 3.05) is 47.5 Å². The van der Waals surface area contributed by atoms with Gasteiger partial charge in [-0.3, -0.25) is 9.59 Å². The predicted molar refractivity (Wildman–Crippen MR) is 246 cm³/mol. The second-order valence-electron chi connectivity index (χ2n) is 17.0. The summed E-state index contributed by atoms with van der Waals surface area (Å²) in [7, 11) is 5.90. The van der Waals surface area contributed by atoms with Crippen molar-refractivity contribution in [1.29, 1.82) is 0 Å². The minimum Gasteiger partial charge on any atom is -0.545 e. The third kappa shape index (κ3) is 43.1. The number of carboxylic acids is 1. The Bertz CT molecular complexity index is 1170. The van der Waals surface area contributed by atoms with E-state index in [4.69, 9.17) is 18.9 Å². The third-order valence-corrected chi connectivity index (χ3v) is 9.99. The van der Waals surface area contributed by atoms with Gasteiger partial charge in [0.1, 0.15) is 13.2 Å². The van der Waals surface area contributed by atoms with Crippen LogP contribution in [0.1, 0.15) is 187 Å². The molecule has 0 fully saturated rings. The minimum atomic E-state index is -1.63. The first-order valence-electron chi connectivity index (χ1n) is 23.9. The van der Waals surface area contributed by atoms with Crippen molar-refractivity contribution in [3.8, 4) is 0 Å². The molecule has 0 heterocycles. The van der Waals surface area contributed by atoms with Crippen molar-refractivity contribution in [3.05, 3.63) is 60.8 Å². The van der Waals surface area contributed by atoms with Gasteiger partial charge in [-0.25, -0.2) is 0 Å². The molecule has 9 heteroatoms. The first-order valence-corrected chi connectivity index (χ1v) is 23.9. The number of quaternary nitrogens is 1. The van der Waals surface area contributed by atoms with Crippen molar-refractivity contribution < 1.29 is 42.9 Å². The number of likely N-dealkylation sites (N-methyl/N-ethyl adjacent to an activating group) is 1. The maximum atomic E-state index is 12.8. The summed E-state index contributed by atoms with van der Waals surface area (Å²) in [5.74, 6) is -2.33. The van der Waals surface area contributed by atoms with E-state index >= 15 is 0 Å². The number of ether oxygens (including phenoxy) is 4. The molecule has 0 aromatic rings. The molecule has 346 valence electrons. The molecule has 0 spiro atoms. The number of aliphatic carboxylic acids is 1. The molecule has 0 N–H and O–H groups in total. The highest BCUT2D eigenvalue weighted by atomic mass is 16.7. The largest absolute Gasteiger partial charge is 0.545 e. The van der Waals surface area contributed by atoms with Gasteiger partial charge in [0.05, 0.1) is 40.3 Å². The Morgan fingerprint density at radius 2 is 0.917 bits per heavy atom. The van der Waals surface area contributed by atoms with E-state index in [1.807, 2.05) is 21.1 Å². The van der Waals surface area contributed by atoms with E-state index in [2.05, 4.69) is 74.6 Å². The van der Waals surface area contributed by atoms with Crippen LogP contribution in [0, 0.1) is 0 Å². The molecule has 0 aliphatic heterocycles. The van der Waals surface area contributed by atoms with Crippen LogP contribution in [-0.4, -0.2) is 82.3 Å². The lowest BCUT2D eigenvalue weighted by molar-refractivity contribution is -0.870. The Morgan fingerprint density at radius 3 is 1.38 bits per heavy atom. The van der Waals surface area contributed by atoms with E-state index in [1.54, 1.807) is 0 Å². The summed E-state index contributed by atoms with van der Waals surface area (Å²) >= 11 is 0. The van der Waals surface area contributed by atoms with Crippen molar-refractivity contribution in [3.63, 3.8) is 0 Å². The molecule has 0 saturated carbocycles. The van der Waals surface area contributed by atoms with E-state index in [0.29, 0.717) is 17.4 Å². The van der Waals surface area contributed by atoms with Gasteiger partial charge in [0.25, 0.3) is 0 Å². The molecule has 0 aromatic heterocycles. The Kier molecular flexibility index (Phi) is 40.5. The van der Waals surface area contributed by atoms with Crippen LogP contribution in [0.15, 0.2) is 60.8 Å². The van der Waals surface area contributed by atoms with Crippen molar-refractivity contribution in [1.82, 2.24) is 0 Å². The number of rotatable bonds is 43. The highest BCUT2D eigenvalue weighted by Gasteiger charge is 2.21. The second-order valence-corrected chi connectivity index (χ2v) is 17.0. The number of hydrogen-bond acceptors (Lipinski definition) is 8. The van der Waals surface area contributed by atoms with Crippen LogP contribution in [0.4, 0.5) is 0 Å². The highest BCUT2D eigenvalue weighted by Crippen LogP contribution is 2.13. The predicted octanol–water partition coefficient (Wildman–Crippen LogP) is 11.6. The van der Waals surface area contributed by atoms with Gasteiger partial charge in [0.15, 0.2) is 12.4 Å². The SMILES string of the molecule is CCCC/C=C\C/C=C\CCCCCCCC(=O)OCC(COC(OCC[N+](C)(C)C)C(=O)[O-])OC(=O)CCCCCCCC/C=C\C/C=C\C/C=C\CCCCCCC. The van der Waals surface area contributed by atoms with Crippen molar-refractivity contribution in [2.45, 2.75) is 200 Å². The molecular formula is C51H89NO8. The fourth-order valence-corrected chi connectivity index (χ4v) is 6.20. The zero-order valence-electron chi connectivity index (χ0n) is 39.1. The van der Waals surface area contributed by atoms with Gasteiger partial charge >= 0.3 is 11.9 Å². The first-order chi connectivity index (χ1) is 29.1. The molecule has 2 unspecified atom stereocenters. The summed E-state index contributed by atoms with van der Waals surface area (Å²) in [4.78, 5) is 37.0. The molecule has 0 aliphatic rings. The van der Waals surface area contributed by atoms with Gasteiger partial charge in [-0.05, 0) is 77.0 Å². The van der Waals surface area contributed by atoms with Crippen LogP contribution >= 0.6 is 0 Å². The monoisotopic (exact) mass is 844 g/mol. The lowest BCUT2D eigenvalue weighted by Gasteiger charge is -2.26. The van der Waals surface area contributed by atoms with Gasteiger partial charge in [0, 0.05) is 12.8 Å². The van der Waals surface area contributed by atoms with Gasteiger partial charge in [-0.1, -0.05) is 158 Å². The van der Waals surface area contributed by atoms with Gasteiger partial charge < -0.3 is 33.3 Å². The molecule has 0 bridgehead atoms. The molecule has 9 nitrogen and oxygen atoms in total. The van der Waals surface area contributed by atoms with E-state index in [9.17, 15) is 19.5 Å². The van der Waals surface area contributed by atoms with Gasteiger partial charge in [-0.2, -0.15) is 0 Å². The summed E-state index contributed by atoms with van der Waals surface area (Å²) in [6.45, 7) is 4.64. The van der Waals surface area contributed by atoms with Crippen molar-refractivity contribution >= 4 is 17.9 Å². The molecule has 0 saturated heterocycles. The molecule has 2 atom stereocenters. The van der Waals surface area contributed by atoms with E-state index in [-0.39, 0.29) is 38.6 Å². The molecule has 0 aromatic carbocycles. The summed E-state index contributed by atoms with van der Waals surface area (Å²) in [5.41, 5.74) is 0. The van der Waals surface area contributed by atoms with E-state index < -0.39 is 24.3 Å². The fourth-order valence-electron chi connectivity index (χ4n) is 6.20. The number of carbonyl (C=O) groups is 3. The summed E-state index contributed by atoms with van der Waals surface area (Å²) < 4.78 is 22.5. The fraction of sp³-hybridized carbons (Fsp3) is 0.745. The number of nitrogens with zero attached hydrogens (tertiary/aromatic N) is 1. The zero-order chi connectivity index (χ0) is 44.2. The number of esters is 2. The van der Waals surface area contributed by atoms with Crippen LogP contribution in [0.5, 0.6) is 0 Å². The Balaban J connectivity index is 4.44. The average molecular weight is 844 g/mol. The Labute approximate surface area is 367 Å². The second kappa shape index (κ2) is 42.7. The number of allylic oxidation sites excluding steroid dienone is 10. The standard InChI is InChI=1S/C51H89NO8/c1-6-8-10-12-14-16-18-20-22-23-24-25-26-27-28-30-32-34-36-38-40-42-49(54)60-47(46-59-51(50(55)56)57-44-43-52(3,4)5)45-58-48(53)41-39-37-35-33-31-29-21-19-17-15-13-11-9-7-2/h13,15,18-21,23-24,26-27,47,51H,6-12,14,16-17,22,25,28-46H2,1-5H3/b15-13-,20-18-,21-19-,24-23-,27-26-. The molecule has 60 heavy (non-hydrogen) atoms. The van der Waals surface area contributed by atoms with Crippen LogP contribution < -0.4 is 5.11 Å². The minimum absolute atomic E-state index is 0.140. The van der Waals surface area contributed by atoms with Crippen LogP contribution in [0.25, 0.3) is 0 Å². The highest BCUT2D eigenvalue weighted by molar-refractivity contribution is 5.70. The molecule has 0 aliphatic carbocycles. The smallest absolute Gasteiger partial charge is 0.306 e. The van der Waals surface area contributed by atoms with Crippen LogP contribution in [-0.2, 0) is 33.3 Å². The maximum Gasteiger partial charge on any atom is 0.306 e. The first kappa shape index (κ1) is 57.0. The topological polar surface area (TPSA) is 111 Å². The van der Waals surface area contributed by atoms with Crippen LogP contribution in [0.2, 0.25) is 0 Å². The maximum absolute atomic E-state index is 12.8. The lowest BCUT2D eigenvalue weighted by Crippen LogP contribution is -2.44. The molecule has 0 rings (SSSR count). The summed E-state index contributed by atoms with van der Waals surface area (Å²) in [6.07, 6.45) is 48.2. The lowest BCUT2D eigenvalue weighted by atomic mass is 10.1. The third-order valence-electron chi connectivity index (χ3n) is 9.99. The molecule has 0 radical (unpaired) electrons. The summed E-state index contributed by atoms with van der Waals surface area (Å²) in [6, 6.07) is 0. The molecule has 0 amide bonds. The number of hydrogen-bond donors (Lipinski definition) is 0. The Morgan fingerprint density at radius 1 is 0.500 bits per heavy atom. The number of carbonyl (C=O) groups excluding carboxylic acids is 3. The Hall–Kier alpha value is -3.01. The quantitative estimate of drug-likeness (QED) is 0.0196. The van der Waals surface area contributed by atoms with Crippen LogP contribution in [0.3, 0.4) is 0 Å². The van der Waals surface area contributed by atoms with Crippen molar-refractivity contribution in [2.24, 2.45) is 0 Å². The van der Waals surface area contributed by atoms with E-state index in [0.717, 1.165) is 103 Å². The van der Waals surface area contributed by atoms with Gasteiger partial charge in [-0.15, -0.1) is 0 Å². The molecular weight excluding hydrogens is 755 g/mol. The zero-order valence-corrected chi connectivity index (χ0v) is 39.1. The average Bonchev–Trinajstić information content (AvgIpc) is 3.21.